The van der Waals surface area contributed by atoms with Gasteiger partial charge in [-0.2, -0.15) is 0 Å². The van der Waals surface area contributed by atoms with Crippen molar-refractivity contribution in [1.29, 1.82) is 0 Å². The number of hydrogen-bond acceptors (Lipinski definition) is 11. The van der Waals surface area contributed by atoms with Crippen LogP contribution in [0.4, 0.5) is 9.59 Å². The van der Waals surface area contributed by atoms with Gasteiger partial charge in [-0.1, -0.05) is 80.4 Å². The summed E-state index contributed by atoms with van der Waals surface area (Å²) in [4.78, 5) is 24.0. The molecule has 3 aliphatic heterocycles. The lowest BCUT2D eigenvalue weighted by Gasteiger charge is -2.32. The van der Waals surface area contributed by atoms with Crippen LogP contribution in [-0.2, 0) is 54.0 Å². The molecule has 4 N–H and O–H groups in total. The summed E-state index contributed by atoms with van der Waals surface area (Å²) in [6.45, 7) is 35.6. The van der Waals surface area contributed by atoms with Crippen LogP contribution in [0.25, 0.3) is 0 Å². The number of ether oxygens (including phenoxy) is 2. The maximum absolute atomic E-state index is 12.2. The Labute approximate surface area is 454 Å². The van der Waals surface area contributed by atoms with Crippen molar-refractivity contribution in [2.45, 2.75) is 225 Å². The molecule has 3 saturated carbocycles. The molecule has 73 heavy (non-hydrogen) atoms. The third kappa shape index (κ3) is 14.8. The van der Waals surface area contributed by atoms with Crippen LogP contribution in [0.3, 0.4) is 0 Å². The highest BCUT2D eigenvalue weighted by atomic mass is 79.9. The van der Waals surface area contributed by atoms with Crippen LogP contribution in [0.5, 0.6) is 0 Å². The highest BCUT2D eigenvalue weighted by molar-refractivity contribution is 9.10. The normalized spacial score (nSPS) is 23.2. The van der Waals surface area contributed by atoms with Gasteiger partial charge in [-0.3, -0.25) is 0 Å². The van der Waals surface area contributed by atoms with Crippen LogP contribution in [-0.4, -0.2) is 78.1 Å². The number of carbonyl (C=O) groups is 2. The van der Waals surface area contributed by atoms with Crippen molar-refractivity contribution in [3.63, 3.8) is 0 Å². The second kappa shape index (κ2) is 20.8. The van der Waals surface area contributed by atoms with E-state index in [-0.39, 0.29) is 62.4 Å². The molecule has 0 radical (unpaired) electrons. The van der Waals surface area contributed by atoms with Gasteiger partial charge >= 0.3 is 33.3 Å². The smallest absolute Gasteiger partial charge is 0.444 e. The van der Waals surface area contributed by atoms with E-state index < -0.39 is 32.3 Å². The molecule has 3 aliphatic carbocycles. The lowest BCUT2D eigenvalue weighted by Crippen LogP contribution is -2.41. The monoisotopic (exact) mass is 1140 g/mol. The van der Waals surface area contributed by atoms with E-state index in [0.29, 0.717) is 0 Å². The van der Waals surface area contributed by atoms with Gasteiger partial charge in [0.1, 0.15) is 11.2 Å². The number of hydrogen-bond donors (Lipinski definition) is 3. The van der Waals surface area contributed by atoms with Crippen molar-refractivity contribution in [3.8, 4) is 0 Å². The van der Waals surface area contributed by atoms with E-state index in [1.165, 1.54) is 5.56 Å². The second-order valence-corrected chi connectivity index (χ2v) is 27.4. The fraction of sp³-hybridized carbons (Fsp3) is 0.636. The number of carbonyl (C=O) groups excluding carboxylic acids is 2. The molecule has 3 aromatic carbocycles. The molecule has 6 fully saturated rings. The van der Waals surface area contributed by atoms with Gasteiger partial charge in [-0.15, -0.1) is 0 Å². The van der Waals surface area contributed by atoms with E-state index >= 15 is 0 Å². The summed E-state index contributed by atoms with van der Waals surface area (Å²) < 4.78 is 49.0. The number of alkyl carbamates (subject to hydrolysis) is 2. The summed E-state index contributed by atoms with van der Waals surface area (Å²) in [5.74, 6) is 0. The predicted octanol–water partition coefficient (Wildman–Crippen LogP) is 12.1. The molecule has 18 heteroatoms. The maximum Gasteiger partial charge on any atom is 0.494 e. The van der Waals surface area contributed by atoms with Gasteiger partial charge in [0.05, 0.1) is 44.7 Å². The first-order valence-electron chi connectivity index (χ1n) is 25.7. The second-order valence-electron chi connectivity index (χ2n) is 25.6. The molecule has 3 aromatic rings. The third-order valence-corrected chi connectivity index (χ3v) is 16.3. The van der Waals surface area contributed by atoms with E-state index in [9.17, 15) is 9.59 Å². The minimum Gasteiger partial charge on any atom is -0.444 e. The number of nitrogens with one attached hydrogen (secondary N) is 2. The standard InChI is InChI=1S/C20H30BNO4.C14H18BrNO2.C12H24B2O4.C9H10BrN/c1-17(2,3)24-16(23)22-20(11-12-20)14-9-8-10-15(13-14)21-25-18(4,5)19(6,7)26-21;1-13(2,3)18-12(17)16-14(7-8-14)10-5-4-6-11(15)9-10;1-9(2)10(3,4)16-13(15-9)14-17-11(5,6)12(7,8)18-14;10-8-3-1-2-7(6-8)9(11)4-5-9/h8-10,13H,11-12H2,1-7H3,(H,22,23);4-6,9H,7-8H2,1-3H3,(H,16,17);1-8H3;1-3,6H,4-5,11H2. The van der Waals surface area contributed by atoms with E-state index in [0.717, 1.165) is 64.1 Å². The van der Waals surface area contributed by atoms with Crippen molar-refractivity contribution >= 4 is 70.6 Å². The van der Waals surface area contributed by atoms with Crippen molar-refractivity contribution in [1.82, 2.24) is 10.6 Å². The van der Waals surface area contributed by atoms with E-state index in [1.54, 1.807) is 0 Å². The highest BCUT2D eigenvalue weighted by Crippen LogP contribution is 2.48. The molecule has 3 heterocycles. The van der Waals surface area contributed by atoms with E-state index in [4.69, 9.17) is 43.1 Å². The SMILES string of the molecule is CC(C)(C)OC(=O)NC1(c2cccc(B3OC(C)(C)C(C)(C)O3)c2)CC1.CC(C)(C)OC(=O)NC1(c2cccc(Br)c2)CC1.CC1(C)OB(B2OC(C)(C)C(C)(C)O2)OC1(C)C.NC1(c2cccc(Br)c2)CC1. The van der Waals surface area contributed by atoms with Gasteiger partial charge in [0.2, 0.25) is 0 Å². The van der Waals surface area contributed by atoms with Gasteiger partial charge < -0.3 is 53.8 Å². The summed E-state index contributed by atoms with van der Waals surface area (Å²) in [6, 6.07) is 24.4. The molecular weight excluding hydrogens is 1050 g/mol. The maximum atomic E-state index is 12.2. The van der Waals surface area contributed by atoms with Crippen molar-refractivity contribution in [3.05, 3.63) is 98.4 Å². The van der Waals surface area contributed by atoms with Gasteiger partial charge in [0.15, 0.2) is 0 Å². The Bertz CT molecular complexity index is 2380. The lowest BCUT2D eigenvalue weighted by molar-refractivity contribution is 0.00578. The first-order chi connectivity index (χ1) is 33.2. The van der Waals surface area contributed by atoms with Gasteiger partial charge in [-0.05, 0) is 210 Å². The topological polar surface area (TPSA) is 158 Å². The average Bonchev–Trinajstić information content (AvgIpc) is 4.18. The Morgan fingerprint density at radius 1 is 0.493 bits per heavy atom. The molecule has 0 atom stereocenters. The van der Waals surface area contributed by atoms with Crippen LogP contribution in [0.1, 0.15) is 180 Å². The molecule has 9 rings (SSSR count). The zero-order valence-electron chi connectivity index (χ0n) is 46.8. The minimum atomic E-state index is -0.509. The molecule has 3 saturated heterocycles. The molecule has 0 bridgehead atoms. The van der Waals surface area contributed by atoms with Crippen molar-refractivity contribution < 1.29 is 47.0 Å². The molecular formula is C55H82B3Br2N3O10. The van der Waals surface area contributed by atoms with Crippen LogP contribution in [0, 0.1) is 0 Å². The predicted molar refractivity (Wildman–Crippen MR) is 298 cm³/mol. The molecule has 13 nitrogen and oxygen atoms in total. The highest BCUT2D eigenvalue weighted by Gasteiger charge is 2.64. The van der Waals surface area contributed by atoms with Crippen LogP contribution < -0.4 is 21.8 Å². The minimum absolute atomic E-state index is 0.00375. The summed E-state index contributed by atoms with van der Waals surface area (Å²) in [6.07, 6.45) is 5.26. The van der Waals surface area contributed by atoms with Crippen molar-refractivity contribution in [2.24, 2.45) is 5.73 Å². The zero-order valence-corrected chi connectivity index (χ0v) is 50.0. The van der Waals surface area contributed by atoms with Gasteiger partial charge in [-0.25, -0.2) is 9.59 Å². The van der Waals surface area contributed by atoms with Crippen molar-refractivity contribution in [2.75, 3.05) is 0 Å². The zero-order chi connectivity index (χ0) is 54.6. The third-order valence-electron chi connectivity index (χ3n) is 15.3. The summed E-state index contributed by atoms with van der Waals surface area (Å²) in [5, 5.41) is 6.03. The summed E-state index contributed by atoms with van der Waals surface area (Å²) in [7, 11) is -1.36. The Morgan fingerprint density at radius 3 is 1.14 bits per heavy atom. The lowest BCUT2D eigenvalue weighted by atomic mass is 9.49. The number of rotatable bonds is 7. The fourth-order valence-electron chi connectivity index (χ4n) is 8.19. The average molecular weight is 1140 g/mol. The molecule has 0 aromatic heterocycles. The quantitative estimate of drug-likeness (QED) is 0.193. The number of amides is 2. The van der Waals surface area contributed by atoms with Gasteiger partial charge in [0, 0.05) is 14.5 Å². The molecule has 6 aliphatic rings. The number of halogens is 2. The summed E-state index contributed by atoms with van der Waals surface area (Å²) >= 11 is 6.88. The molecule has 0 unspecified atom stereocenters. The first kappa shape index (κ1) is 59.3. The number of benzene rings is 3. The van der Waals surface area contributed by atoms with E-state index in [1.807, 2.05) is 179 Å². The Kier molecular flexibility index (Phi) is 16.9. The summed E-state index contributed by atoms with van der Waals surface area (Å²) in [5.41, 5.74) is 6.70. The van der Waals surface area contributed by atoms with Crippen LogP contribution >= 0.6 is 31.9 Å². The Morgan fingerprint density at radius 2 is 0.808 bits per heavy atom. The first-order valence-corrected chi connectivity index (χ1v) is 27.3. The number of nitrogens with two attached hydrogens (primary N) is 1. The largest absolute Gasteiger partial charge is 0.494 e. The fourth-order valence-corrected chi connectivity index (χ4v) is 8.99. The van der Waals surface area contributed by atoms with Gasteiger partial charge in [0.25, 0.3) is 0 Å². The van der Waals surface area contributed by atoms with Crippen LogP contribution in [0.15, 0.2) is 81.7 Å². The van der Waals surface area contributed by atoms with E-state index in [2.05, 4.69) is 60.7 Å². The molecule has 0 spiro atoms. The Balaban J connectivity index is 0.000000165. The molecule has 2 amide bonds. The van der Waals surface area contributed by atoms with Crippen LogP contribution in [0.2, 0.25) is 0 Å². The Hall–Kier alpha value is -2.93. The molecule has 400 valence electrons.